The molecule has 1 fully saturated rings. The molecular weight excluding hydrogens is 255 g/mol. The Kier molecular flexibility index (Phi) is 3.44. The van der Waals surface area contributed by atoms with Gasteiger partial charge in [-0.3, -0.25) is 0 Å². The first-order chi connectivity index (χ1) is 8.32. The number of sulfonamides is 1. The van der Waals surface area contributed by atoms with Gasteiger partial charge in [0.25, 0.3) is 0 Å². The minimum atomic E-state index is -3.61. The summed E-state index contributed by atoms with van der Waals surface area (Å²) in [7, 11) is -3.61. The van der Waals surface area contributed by atoms with Gasteiger partial charge in [0.1, 0.15) is 5.82 Å². The van der Waals surface area contributed by atoms with Crippen LogP contribution in [0.2, 0.25) is 0 Å². The molecule has 1 aromatic carbocycles. The molecule has 0 saturated carbocycles. The van der Waals surface area contributed by atoms with Crippen LogP contribution < -0.4 is 10.0 Å². The molecule has 1 heterocycles. The van der Waals surface area contributed by atoms with Crippen molar-refractivity contribution in [2.45, 2.75) is 30.7 Å². The van der Waals surface area contributed by atoms with E-state index in [1.165, 1.54) is 12.1 Å². The van der Waals surface area contributed by atoms with E-state index in [2.05, 4.69) is 10.0 Å². The van der Waals surface area contributed by atoms with Crippen molar-refractivity contribution in [1.29, 1.82) is 0 Å². The number of halogens is 1. The van der Waals surface area contributed by atoms with Gasteiger partial charge in [0.05, 0.1) is 4.90 Å². The topological polar surface area (TPSA) is 58.2 Å². The van der Waals surface area contributed by atoms with Gasteiger partial charge in [-0.05, 0) is 50.6 Å². The van der Waals surface area contributed by atoms with Crippen LogP contribution in [0.5, 0.6) is 0 Å². The number of nitrogens with one attached hydrogen (secondary N) is 2. The van der Waals surface area contributed by atoms with E-state index >= 15 is 0 Å². The molecule has 6 heteroatoms. The second-order valence-corrected chi connectivity index (χ2v) is 6.65. The van der Waals surface area contributed by atoms with Crippen LogP contribution >= 0.6 is 0 Å². The Hall–Kier alpha value is -0.980. The lowest BCUT2D eigenvalue weighted by molar-refractivity contribution is 0.451. The Morgan fingerprint density at radius 2 is 2.17 bits per heavy atom. The maximum absolute atomic E-state index is 13.0. The standard InChI is InChI=1S/C12H17FN2O2S/c1-9-7-10(13)3-4-11(9)18(16,17)15-12(2)5-6-14-8-12/h3-4,7,14-15H,5-6,8H2,1-2H3. The van der Waals surface area contributed by atoms with Crippen molar-refractivity contribution in [3.8, 4) is 0 Å². The molecule has 1 aromatic rings. The van der Waals surface area contributed by atoms with Crippen molar-refractivity contribution >= 4 is 10.0 Å². The van der Waals surface area contributed by atoms with Crippen molar-refractivity contribution in [3.63, 3.8) is 0 Å². The van der Waals surface area contributed by atoms with Gasteiger partial charge >= 0.3 is 0 Å². The lowest BCUT2D eigenvalue weighted by Gasteiger charge is -2.24. The Morgan fingerprint density at radius 1 is 1.44 bits per heavy atom. The normalized spacial score (nSPS) is 24.4. The van der Waals surface area contributed by atoms with E-state index in [0.29, 0.717) is 12.1 Å². The Labute approximate surface area is 107 Å². The third-order valence-electron chi connectivity index (χ3n) is 3.18. The molecule has 0 amide bonds. The van der Waals surface area contributed by atoms with Gasteiger partial charge < -0.3 is 5.32 Å². The van der Waals surface area contributed by atoms with Crippen LogP contribution in [0.4, 0.5) is 4.39 Å². The Bertz CT molecular complexity index is 551. The summed E-state index contributed by atoms with van der Waals surface area (Å²) in [5.41, 5.74) is -0.0586. The first-order valence-corrected chi connectivity index (χ1v) is 7.32. The lowest BCUT2D eigenvalue weighted by Crippen LogP contribution is -2.47. The highest BCUT2D eigenvalue weighted by Gasteiger charge is 2.33. The van der Waals surface area contributed by atoms with Crippen molar-refractivity contribution in [1.82, 2.24) is 10.0 Å². The van der Waals surface area contributed by atoms with Gasteiger partial charge in [-0.25, -0.2) is 17.5 Å². The van der Waals surface area contributed by atoms with Crippen molar-refractivity contribution < 1.29 is 12.8 Å². The van der Waals surface area contributed by atoms with Crippen LogP contribution in [-0.2, 0) is 10.0 Å². The maximum Gasteiger partial charge on any atom is 0.241 e. The minimum absolute atomic E-state index is 0.136. The number of hydrogen-bond acceptors (Lipinski definition) is 3. The molecule has 2 N–H and O–H groups in total. The van der Waals surface area contributed by atoms with Crippen molar-refractivity contribution in [2.75, 3.05) is 13.1 Å². The second-order valence-electron chi connectivity index (χ2n) is 5.00. The van der Waals surface area contributed by atoms with E-state index in [-0.39, 0.29) is 4.90 Å². The summed E-state index contributed by atoms with van der Waals surface area (Å²) < 4.78 is 40.2. The highest BCUT2D eigenvalue weighted by atomic mass is 32.2. The minimum Gasteiger partial charge on any atom is -0.315 e. The summed E-state index contributed by atoms with van der Waals surface area (Å²) >= 11 is 0. The fourth-order valence-corrected chi connectivity index (χ4v) is 3.86. The number of hydrogen-bond donors (Lipinski definition) is 2. The molecule has 4 nitrogen and oxygen atoms in total. The average molecular weight is 272 g/mol. The summed E-state index contributed by atoms with van der Waals surface area (Å²) in [5.74, 6) is -0.430. The van der Waals surface area contributed by atoms with E-state index in [9.17, 15) is 12.8 Å². The van der Waals surface area contributed by atoms with E-state index in [4.69, 9.17) is 0 Å². The van der Waals surface area contributed by atoms with E-state index in [1.54, 1.807) is 6.92 Å². The van der Waals surface area contributed by atoms with Crippen LogP contribution in [0.25, 0.3) is 0 Å². The van der Waals surface area contributed by atoms with Crippen LogP contribution in [-0.4, -0.2) is 27.0 Å². The molecule has 18 heavy (non-hydrogen) atoms. The summed E-state index contributed by atoms with van der Waals surface area (Å²) in [6.07, 6.45) is 0.743. The van der Waals surface area contributed by atoms with Crippen LogP contribution in [0, 0.1) is 12.7 Å². The first kappa shape index (κ1) is 13.5. The van der Waals surface area contributed by atoms with Gasteiger partial charge in [-0.1, -0.05) is 0 Å². The highest BCUT2D eigenvalue weighted by molar-refractivity contribution is 7.89. The Balaban J connectivity index is 2.30. The molecule has 1 atom stereocenters. The molecule has 0 bridgehead atoms. The predicted octanol–water partition coefficient (Wildman–Crippen LogP) is 1.16. The SMILES string of the molecule is Cc1cc(F)ccc1S(=O)(=O)NC1(C)CCNC1. The molecule has 0 aliphatic carbocycles. The maximum atomic E-state index is 13.0. The van der Waals surface area contributed by atoms with Crippen LogP contribution in [0.15, 0.2) is 23.1 Å². The number of benzene rings is 1. The van der Waals surface area contributed by atoms with Gasteiger partial charge in [0.15, 0.2) is 0 Å². The lowest BCUT2D eigenvalue weighted by atomic mass is 10.0. The highest BCUT2D eigenvalue weighted by Crippen LogP contribution is 2.21. The zero-order valence-corrected chi connectivity index (χ0v) is 11.3. The fourth-order valence-electron chi connectivity index (χ4n) is 2.20. The van der Waals surface area contributed by atoms with Crippen molar-refractivity contribution in [2.24, 2.45) is 0 Å². The summed E-state index contributed by atoms with van der Waals surface area (Å²) in [6.45, 7) is 4.85. The largest absolute Gasteiger partial charge is 0.315 e. The zero-order chi connectivity index (χ0) is 13.4. The molecular formula is C12H17FN2O2S. The molecule has 1 aliphatic heterocycles. The van der Waals surface area contributed by atoms with E-state index in [1.807, 2.05) is 6.92 Å². The molecule has 1 aliphatic rings. The van der Waals surface area contributed by atoms with Gasteiger partial charge in [0, 0.05) is 12.1 Å². The third-order valence-corrected chi connectivity index (χ3v) is 4.97. The fraction of sp³-hybridized carbons (Fsp3) is 0.500. The second kappa shape index (κ2) is 4.60. The predicted molar refractivity (Wildman–Crippen MR) is 67.4 cm³/mol. The Morgan fingerprint density at radius 3 is 2.72 bits per heavy atom. The van der Waals surface area contributed by atoms with Crippen LogP contribution in [0.1, 0.15) is 18.9 Å². The molecule has 1 saturated heterocycles. The molecule has 0 aromatic heterocycles. The number of aryl methyl sites for hydroxylation is 1. The number of rotatable bonds is 3. The first-order valence-electron chi connectivity index (χ1n) is 5.83. The van der Waals surface area contributed by atoms with Gasteiger partial charge in [0.2, 0.25) is 10.0 Å². The smallest absolute Gasteiger partial charge is 0.241 e. The van der Waals surface area contributed by atoms with Gasteiger partial charge in [-0.15, -0.1) is 0 Å². The molecule has 0 spiro atoms. The average Bonchev–Trinajstić information content (AvgIpc) is 2.62. The van der Waals surface area contributed by atoms with E-state index < -0.39 is 21.4 Å². The summed E-state index contributed by atoms with van der Waals surface area (Å²) in [6, 6.07) is 3.69. The summed E-state index contributed by atoms with van der Waals surface area (Å²) in [5, 5.41) is 3.12. The summed E-state index contributed by atoms with van der Waals surface area (Å²) in [4.78, 5) is 0.136. The molecule has 2 rings (SSSR count). The van der Waals surface area contributed by atoms with Gasteiger partial charge in [-0.2, -0.15) is 0 Å². The van der Waals surface area contributed by atoms with Crippen LogP contribution in [0.3, 0.4) is 0 Å². The monoisotopic (exact) mass is 272 g/mol. The van der Waals surface area contributed by atoms with E-state index in [0.717, 1.165) is 19.0 Å². The molecule has 0 radical (unpaired) electrons. The quantitative estimate of drug-likeness (QED) is 0.868. The molecule has 100 valence electrons. The third kappa shape index (κ3) is 2.71. The molecule has 1 unspecified atom stereocenters. The van der Waals surface area contributed by atoms with Crippen molar-refractivity contribution in [3.05, 3.63) is 29.6 Å². The zero-order valence-electron chi connectivity index (χ0n) is 10.5.